The number of carbonyl (C=O) groups is 1. The van der Waals surface area contributed by atoms with E-state index in [1.54, 1.807) is 0 Å². The van der Waals surface area contributed by atoms with Gasteiger partial charge in [-0.3, -0.25) is 4.79 Å². The van der Waals surface area contributed by atoms with Gasteiger partial charge in [-0.15, -0.1) is 0 Å². The number of fused-ring (bicyclic) bond motifs is 1. The summed E-state index contributed by atoms with van der Waals surface area (Å²) in [5.41, 5.74) is 0.151. The Hall–Kier alpha value is -4.51. The maximum atomic E-state index is 12.2. The molecule has 0 aromatic heterocycles. The Balaban J connectivity index is 1.81. The summed E-state index contributed by atoms with van der Waals surface area (Å²) in [6.45, 7) is 0. The van der Waals surface area contributed by atoms with Gasteiger partial charge in [-0.2, -0.15) is 0 Å². The molecule has 1 aliphatic heterocycles. The Morgan fingerprint density at radius 1 is 0.917 bits per heavy atom. The van der Waals surface area contributed by atoms with E-state index >= 15 is 0 Å². The number of esters is 1. The zero-order valence-corrected chi connectivity index (χ0v) is 18.9. The lowest BCUT2D eigenvalue weighted by Gasteiger charge is -2.33. The van der Waals surface area contributed by atoms with Crippen LogP contribution in [0.5, 0.6) is 46.0 Å². The minimum absolute atomic E-state index is 0.0196. The van der Waals surface area contributed by atoms with Crippen LogP contribution in [0.25, 0.3) is 0 Å². The van der Waals surface area contributed by atoms with Crippen LogP contribution in [0.2, 0.25) is 0 Å². The second-order valence-electron chi connectivity index (χ2n) is 8.43. The molecule has 0 bridgehead atoms. The second-order valence-corrected chi connectivity index (χ2v) is 8.43. The van der Waals surface area contributed by atoms with Crippen molar-refractivity contribution in [3.05, 3.63) is 58.7 Å². The third-order valence-electron chi connectivity index (χ3n) is 6.17. The van der Waals surface area contributed by atoms with E-state index in [4.69, 9.17) is 9.47 Å². The Kier molecular flexibility index (Phi) is 6.34. The average Bonchev–Trinajstić information content (AvgIpc) is 2.82. The Morgan fingerprint density at radius 3 is 2.25 bits per heavy atom. The number of phenolic OH excluding ortho intramolecular Hbond substituents is 7. The van der Waals surface area contributed by atoms with Gasteiger partial charge in [0, 0.05) is 41.2 Å². The van der Waals surface area contributed by atoms with E-state index in [1.165, 1.54) is 24.3 Å². The minimum Gasteiger partial charge on any atom is -0.508 e. The summed E-state index contributed by atoms with van der Waals surface area (Å²) in [7, 11) is 1.13. The third kappa shape index (κ3) is 4.31. The van der Waals surface area contributed by atoms with Crippen LogP contribution in [-0.4, -0.2) is 60.0 Å². The molecule has 3 aromatic rings. The predicted octanol–water partition coefficient (Wildman–Crippen LogP) is 2.36. The number of aliphatic hydroxyl groups is 1. The highest BCUT2D eigenvalue weighted by Crippen LogP contribution is 2.51. The van der Waals surface area contributed by atoms with Crippen molar-refractivity contribution < 1.29 is 55.1 Å². The smallest absolute Gasteiger partial charge is 0.306 e. The van der Waals surface area contributed by atoms with Crippen LogP contribution in [0.1, 0.15) is 40.7 Å². The molecule has 3 aromatic carbocycles. The summed E-state index contributed by atoms with van der Waals surface area (Å²) in [6, 6.07) is 6.90. The number of hydrogen-bond donors (Lipinski definition) is 8. The predicted molar refractivity (Wildman–Crippen MR) is 123 cm³/mol. The van der Waals surface area contributed by atoms with Crippen molar-refractivity contribution in [2.24, 2.45) is 0 Å². The fraction of sp³-hybridized carbons (Fsp3) is 0.240. The lowest BCUT2D eigenvalue weighted by atomic mass is 9.83. The zero-order valence-electron chi connectivity index (χ0n) is 18.9. The molecule has 0 saturated heterocycles. The van der Waals surface area contributed by atoms with Crippen LogP contribution in [0.3, 0.4) is 0 Å². The van der Waals surface area contributed by atoms with Crippen LogP contribution in [-0.2, 0) is 16.0 Å². The first-order valence-electron chi connectivity index (χ1n) is 10.8. The number of hydrogen-bond acceptors (Lipinski definition) is 11. The normalized spacial score (nSPS) is 17.6. The van der Waals surface area contributed by atoms with Gasteiger partial charge in [0.15, 0.2) is 23.0 Å². The standard InChI is InChI=1S/C25H24O11/c1-35-22(33)7-12(11-5-17(29)18(30)8-15(11)27)23-19(31)9-21-13(24(23)34)6-20(32)25(36-21)10-2-3-14(26)16(28)4-10/h2-5,8-9,12,20,25-32,34H,6-7H2,1H3/t12-,20+,25-/m1/s1. The molecule has 8 N–H and O–H groups in total. The molecule has 1 heterocycles. The summed E-state index contributed by atoms with van der Waals surface area (Å²) < 4.78 is 10.5. The van der Waals surface area contributed by atoms with Crippen molar-refractivity contribution in [1.82, 2.24) is 0 Å². The molecule has 0 amide bonds. The molecule has 0 aliphatic carbocycles. The number of ether oxygens (including phenoxy) is 2. The van der Waals surface area contributed by atoms with Crippen molar-refractivity contribution in [2.75, 3.05) is 7.11 Å². The Labute approximate surface area is 204 Å². The fourth-order valence-corrected chi connectivity index (χ4v) is 4.35. The van der Waals surface area contributed by atoms with Crippen LogP contribution >= 0.6 is 0 Å². The van der Waals surface area contributed by atoms with Gasteiger partial charge < -0.3 is 50.3 Å². The molecule has 0 radical (unpaired) electrons. The maximum absolute atomic E-state index is 12.2. The number of methoxy groups -OCH3 is 1. The highest BCUT2D eigenvalue weighted by atomic mass is 16.5. The summed E-state index contributed by atoms with van der Waals surface area (Å²) in [5.74, 6) is -5.51. The molecular weight excluding hydrogens is 476 g/mol. The van der Waals surface area contributed by atoms with Gasteiger partial charge in [0.25, 0.3) is 0 Å². The van der Waals surface area contributed by atoms with Gasteiger partial charge >= 0.3 is 5.97 Å². The largest absolute Gasteiger partial charge is 0.508 e. The van der Waals surface area contributed by atoms with Crippen molar-refractivity contribution in [2.45, 2.75) is 31.0 Å². The molecule has 11 nitrogen and oxygen atoms in total. The number of rotatable bonds is 5. The molecular formula is C25H24O11. The topological polar surface area (TPSA) is 197 Å². The first-order chi connectivity index (χ1) is 17.0. The molecule has 11 heteroatoms. The highest BCUT2D eigenvalue weighted by molar-refractivity contribution is 5.74. The summed E-state index contributed by atoms with van der Waals surface area (Å²) in [4.78, 5) is 12.2. The minimum atomic E-state index is -1.22. The van der Waals surface area contributed by atoms with Crippen molar-refractivity contribution in [1.29, 1.82) is 0 Å². The van der Waals surface area contributed by atoms with Gasteiger partial charge in [-0.25, -0.2) is 0 Å². The van der Waals surface area contributed by atoms with E-state index in [9.17, 15) is 45.6 Å². The monoisotopic (exact) mass is 500 g/mol. The molecule has 190 valence electrons. The molecule has 36 heavy (non-hydrogen) atoms. The molecule has 0 spiro atoms. The quantitative estimate of drug-likeness (QED) is 0.145. The SMILES string of the molecule is COC(=O)C[C@H](c1cc(O)c(O)cc1O)c1c(O)cc2c(c1O)C[C@H](O)[C@@H](c1ccc(O)c(O)c1)O2. The lowest BCUT2D eigenvalue weighted by Crippen LogP contribution is -2.30. The van der Waals surface area contributed by atoms with E-state index in [2.05, 4.69) is 0 Å². The van der Waals surface area contributed by atoms with Crippen molar-refractivity contribution in [3.63, 3.8) is 0 Å². The first kappa shape index (κ1) is 24.6. The van der Waals surface area contributed by atoms with Crippen LogP contribution in [0.15, 0.2) is 36.4 Å². The van der Waals surface area contributed by atoms with E-state index in [-0.39, 0.29) is 34.6 Å². The van der Waals surface area contributed by atoms with Gasteiger partial charge in [-0.1, -0.05) is 6.07 Å². The number of carbonyl (C=O) groups excluding carboxylic acids is 1. The molecule has 0 saturated carbocycles. The lowest BCUT2D eigenvalue weighted by molar-refractivity contribution is -0.140. The van der Waals surface area contributed by atoms with Crippen LogP contribution in [0.4, 0.5) is 0 Å². The number of phenols is 7. The van der Waals surface area contributed by atoms with E-state index in [1.807, 2.05) is 0 Å². The van der Waals surface area contributed by atoms with Crippen molar-refractivity contribution >= 4 is 5.97 Å². The molecule has 0 unspecified atom stereocenters. The van der Waals surface area contributed by atoms with Gasteiger partial charge in [0.05, 0.1) is 19.6 Å². The van der Waals surface area contributed by atoms with Gasteiger partial charge in [0.2, 0.25) is 0 Å². The van der Waals surface area contributed by atoms with E-state index < -0.39 is 65.0 Å². The number of aromatic hydroxyl groups is 7. The Bertz CT molecular complexity index is 1330. The second kappa shape index (κ2) is 9.27. The van der Waals surface area contributed by atoms with E-state index in [0.29, 0.717) is 5.56 Å². The van der Waals surface area contributed by atoms with Gasteiger partial charge in [0.1, 0.15) is 29.1 Å². The van der Waals surface area contributed by atoms with Crippen LogP contribution in [0, 0.1) is 0 Å². The Morgan fingerprint density at radius 2 is 1.58 bits per heavy atom. The molecule has 1 aliphatic rings. The van der Waals surface area contributed by atoms with Crippen LogP contribution < -0.4 is 4.74 Å². The number of aliphatic hydroxyl groups excluding tert-OH is 1. The average molecular weight is 500 g/mol. The highest BCUT2D eigenvalue weighted by Gasteiger charge is 2.36. The fourth-order valence-electron chi connectivity index (χ4n) is 4.35. The van der Waals surface area contributed by atoms with Crippen molar-refractivity contribution in [3.8, 4) is 46.0 Å². The van der Waals surface area contributed by atoms with E-state index in [0.717, 1.165) is 19.2 Å². The zero-order chi connectivity index (χ0) is 26.3. The summed E-state index contributed by atoms with van der Waals surface area (Å²) in [6.07, 6.45) is -2.83. The van der Waals surface area contributed by atoms with Gasteiger partial charge in [-0.05, 0) is 23.8 Å². The molecule has 3 atom stereocenters. The summed E-state index contributed by atoms with van der Waals surface area (Å²) in [5, 5.41) is 82.1. The third-order valence-corrected chi connectivity index (χ3v) is 6.17. The summed E-state index contributed by atoms with van der Waals surface area (Å²) >= 11 is 0. The number of benzene rings is 3. The maximum Gasteiger partial charge on any atom is 0.306 e. The first-order valence-corrected chi connectivity index (χ1v) is 10.8. The molecule has 4 rings (SSSR count). The molecule has 0 fully saturated rings.